The Hall–Kier alpha value is -2.00. The Labute approximate surface area is 210 Å². The fourth-order valence-corrected chi connectivity index (χ4v) is 3.89. The number of nitrogens with zero attached hydrogens (tertiary/aromatic N) is 2. The number of nitrogens with two attached hydrogens (primary N) is 1. The maximum Gasteiger partial charge on any atom is 0.0994 e. The SMILES string of the molecule is CC1CCCC1.CCC/C=C(\c1cc(C#N)c(C)cc1C)c1cncc(N)c1Cl.CNSC. The number of anilines is 1. The van der Waals surface area contributed by atoms with Gasteiger partial charge >= 0.3 is 0 Å². The van der Waals surface area contributed by atoms with E-state index in [2.05, 4.69) is 35.7 Å². The van der Waals surface area contributed by atoms with Crippen molar-refractivity contribution in [1.29, 1.82) is 5.26 Å². The van der Waals surface area contributed by atoms with Gasteiger partial charge in [0.25, 0.3) is 0 Å². The molecule has 0 unspecified atom stereocenters. The van der Waals surface area contributed by atoms with E-state index in [1.807, 2.05) is 39.3 Å². The molecule has 0 aliphatic heterocycles. The first-order valence-electron chi connectivity index (χ1n) is 11.6. The van der Waals surface area contributed by atoms with Gasteiger partial charge in [0.1, 0.15) is 0 Å². The zero-order valence-electron chi connectivity index (χ0n) is 21.0. The second-order valence-corrected chi connectivity index (χ2v) is 9.58. The van der Waals surface area contributed by atoms with Crippen molar-refractivity contribution in [3.05, 3.63) is 63.4 Å². The Balaban J connectivity index is 0.000000450. The Morgan fingerprint density at radius 3 is 2.36 bits per heavy atom. The molecule has 33 heavy (non-hydrogen) atoms. The third kappa shape index (κ3) is 9.41. The van der Waals surface area contributed by atoms with Crippen LogP contribution in [-0.4, -0.2) is 18.3 Å². The third-order valence-corrected chi connectivity index (χ3v) is 6.49. The lowest BCUT2D eigenvalue weighted by atomic mass is 9.91. The molecule has 3 rings (SSSR count). The summed E-state index contributed by atoms with van der Waals surface area (Å²) < 4.78 is 2.85. The second-order valence-electron chi connectivity index (χ2n) is 8.39. The fourth-order valence-electron chi connectivity index (χ4n) is 3.70. The molecule has 0 atom stereocenters. The summed E-state index contributed by atoms with van der Waals surface area (Å²) in [5, 5.41) is 9.83. The molecule has 1 saturated carbocycles. The van der Waals surface area contributed by atoms with Crippen LogP contribution in [0.4, 0.5) is 5.69 Å². The van der Waals surface area contributed by atoms with E-state index in [1.54, 1.807) is 24.3 Å². The van der Waals surface area contributed by atoms with Crippen LogP contribution < -0.4 is 10.5 Å². The lowest BCUT2D eigenvalue weighted by Crippen LogP contribution is -1.99. The number of allylic oxidation sites excluding steroid dienone is 1. The number of rotatable bonds is 5. The number of pyridine rings is 1. The van der Waals surface area contributed by atoms with Crippen LogP contribution in [0.2, 0.25) is 5.02 Å². The first kappa shape index (κ1) is 29.0. The number of nitrogens with one attached hydrogen (secondary N) is 1. The number of hydrogen-bond donors (Lipinski definition) is 2. The van der Waals surface area contributed by atoms with Crippen LogP contribution in [0.1, 0.15) is 80.2 Å². The number of benzene rings is 1. The van der Waals surface area contributed by atoms with E-state index in [0.717, 1.165) is 46.6 Å². The monoisotopic (exact) mass is 486 g/mol. The number of nitrogen functional groups attached to an aromatic ring is 1. The van der Waals surface area contributed by atoms with Crippen molar-refractivity contribution in [2.45, 2.75) is 66.2 Å². The summed E-state index contributed by atoms with van der Waals surface area (Å²) in [6, 6.07) is 6.20. The molecule has 0 spiro atoms. The number of aryl methyl sites for hydroxylation is 2. The molecule has 1 fully saturated rings. The highest BCUT2D eigenvalue weighted by Crippen LogP contribution is 2.35. The maximum atomic E-state index is 9.33. The van der Waals surface area contributed by atoms with E-state index in [-0.39, 0.29) is 0 Å². The molecule has 6 heteroatoms. The topological polar surface area (TPSA) is 74.7 Å². The number of hydrogen-bond acceptors (Lipinski definition) is 5. The minimum absolute atomic E-state index is 0.455. The van der Waals surface area contributed by atoms with Gasteiger partial charge in [-0.05, 0) is 67.8 Å². The highest BCUT2D eigenvalue weighted by molar-refractivity contribution is 7.96. The summed E-state index contributed by atoms with van der Waals surface area (Å²) >= 11 is 8.01. The highest BCUT2D eigenvalue weighted by atomic mass is 35.5. The lowest BCUT2D eigenvalue weighted by Gasteiger charge is -2.15. The van der Waals surface area contributed by atoms with E-state index in [4.69, 9.17) is 17.3 Å². The van der Waals surface area contributed by atoms with E-state index >= 15 is 0 Å². The standard InChI is InChI=1S/C19H20ClN3.C6H12.C2H7NS/c1-4-5-6-15(17-10-23-11-18(22)19(17)20)16-8-14(9-21)12(2)7-13(16)3;1-6-4-2-3-5-6;1-3-4-2/h6-8,10-11H,4-5,22H2,1-3H3;6H,2-5H2,1H3;3H,1-2H3/b15-6+;;. The van der Waals surface area contributed by atoms with Crippen molar-refractivity contribution in [2.24, 2.45) is 5.92 Å². The molecular formula is C27H39ClN4S. The molecule has 4 nitrogen and oxygen atoms in total. The molecule has 1 aliphatic carbocycles. The average molecular weight is 487 g/mol. The Morgan fingerprint density at radius 2 is 1.88 bits per heavy atom. The number of unbranched alkanes of at least 4 members (excludes halogenated alkanes) is 1. The van der Waals surface area contributed by atoms with Crippen LogP contribution in [-0.2, 0) is 0 Å². The smallest absolute Gasteiger partial charge is 0.0994 e. The van der Waals surface area contributed by atoms with Crippen molar-refractivity contribution >= 4 is 34.8 Å². The second kappa shape index (κ2) is 15.8. The van der Waals surface area contributed by atoms with Gasteiger partial charge in [-0.15, -0.1) is 0 Å². The Bertz CT molecular complexity index is 942. The zero-order chi connectivity index (χ0) is 24.8. The van der Waals surface area contributed by atoms with Gasteiger partial charge in [0.15, 0.2) is 0 Å². The van der Waals surface area contributed by atoms with Crippen LogP contribution in [0.25, 0.3) is 5.57 Å². The van der Waals surface area contributed by atoms with E-state index in [9.17, 15) is 5.26 Å². The predicted octanol–water partition coefficient (Wildman–Crippen LogP) is 7.72. The first-order valence-corrected chi connectivity index (χ1v) is 13.2. The molecule has 0 radical (unpaired) electrons. The summed E-state index contributed by atoms with van der Waals surface area (Å²) in [5.41, 5.74) is 11.9. The van der Waals surface area contributed by atoms with E-state index in [0.29, 0.717) is 16.3 Å². The van der Waals surface area contributed by atoms with E-state index in [1.165, 1.54) is 25.7 Å². The zero-order valence-corrected chi connectivity index (χ0v) is 22.5. The largest absolute Gasteiger partial charge is 0.396 e. The van der Waals surface area contributed by atoms with Crippen molar-refractivity contribution in [3.63, 3.8) is 0 Å². The summed E-state index contributed by atoms with van der Waals surface area (Å²) in [5.74, 6) is 1.05. The minimum Gasteiger partial charge on any atom is -0.396 e. The summed E-state index contributed by atoms with van der Waals surface area (Å²) in [7, 11) is 1.89. The van der Waals surface area contributed by atoms with Crippen molar-refractivity contribution < 1.29 is 0 Å². The van der Waals surface area contributed by atoms with Gasteiger partial charge in [0, 0.05) is 11.8 Å². The van der Waals surface area contributed by atoms with Gasteiger partial charge in [-0.1, -0.05) is 81.6 Å². The normalized spacial score (nSPS) is 13.5. The predicted molar refractivity (Wildman–Crippen MR) is 146 cm³/mol. The average Bonchev–Trinajstić information content (AvgIpc) is 3.29. The lowest BCUT2D eigenvalue weighted by molar-refractivity contribution is 0.612. The van der Waals surface area contributed by atoms with Crippen molar-refractivity contribution in [3.8, 4) is 6.07 Å². The van der Waals surface area contributed by atoms with E-state index < -0.39 is 0 Å². The van der Waals surface area contributed by atoms with Gasteiger partial charge in [-0.3, -0.25) is 9.71 Å². The maximum absolute atomic E-state index is 9.33. The van der Waals surface area contributed by atoms with Crippen LogP contribution >= 0.6 is 23.5 Å². The number of nitriles is 1. The van der Waals surface area contributed by atoms with Crippen molar-refractivity contribution in [2.75, 3.05) is 19.0 Å². The summed E-state index contributed by atoms with van der Waals surface area (Å²) in [4.78, 5) is 4.17. The molecule has 1 heterocycles. The van der Waals surface area contributed by atoms with Crippen LogP contribution in [0, 0.1) is 31.1 Å². The van der Waals surface area contributed by atoms with Gasteiger partial charge in [-0.2, -0.15) is 5.26 Å². The van der Waals surface area contributed by atoms with Crippen LogP contribution in [0.5, 0.6) is 0 Å². The Kier molecular flexibility index (Phi) is 13.9. The van der Waals surface area contributed by atoms with Crippen LogP contribution in [0.3, 0.4) is 0 Å². The molecule has 1 aromatic carbocycles. The van der Waals surface area contributed by atoms with Gasteiger partial charge in [0.2, 0.25) is 0 Å². The molecule has 1 aromatic heterocycles. The molecule has 180 valence electrons. The van der Waals surface area contributed by atoms with Gasteiger partial charge in [0.05, 0.1) is 28.5 Å². The molecular weight excluding hydrogens is 448 g/mol. The molecule has 3 N–H and O–H groups in total. The number of halogens is 1. The fraction of sp³-hybridized carbons (Fsp3) is 0.481. The van der Waals surface area contributed by atoms with Gasteiger partial charge in [-0.25, -0.2) is 0 Å². The minimum atomic E-state index is 0.455. The van der Waals surface area contributed by atoms with Crippen molar-refractivity contribution in [1.82, 2.24) is 9.71 Å². The molecule has 0 amide bonds. The molecule has 2 aromatic rings. The summed E-state index contributed by atoms with van der Waals surface area (Å²) in [6.45, 7) is 8.44. The highest BCUT2D eigenvalue weighted by Gasteiger charge is 2.15. The first-order chi connectivity index (χ1) is 15.8. The van der Waals surface area contributed by atoms with Gasteiger partial charge < -0.3 is 5.73 Å². The van der Waals surface area contributed by atoms with Crippen LogP contribution in [0.15, 0.2) is 30.6 Å². The molecule has 1 aliphatic rings. The Morgan fingerprint density at radius 1 is 1.24 bits per heavy atom. The number of aromatic nitrogens is 1. The molecule has 0 bridgehead atoms. The molecule has 0 saturated heterocycles. The quantitative estimate of drug-likeness (QED) is 0.423. The summed E-state index contributed by atoms with van der Waals surface area (Å²) in [6.07, 6.45) is 15.3. The third-order valence-electron chi connectivity index (χ3n) is 5.66.